The average molecular weight is 249 g/mol. The molecule has 1 unspecified atom stereocenters. The highest BCUT2D eigenvalue weighted by Crippen LogP contribution is 2.21. The van der Waals surface area contributed by atoms with Crippen LogP contribution in [0.3, 0.4) is 0 Å². The average Bonchev–Trinajstić information content (AvgIpc) is 2.57. The van der Waals surface area contributed by atoms with Crippen LogP contribution in [0, 0.1) is 10.1 Å². The number of carbonyl (C=O) groups excluding carboxylic acids is 2. The molecule has 1 aromatic rings. The van der Waals surface area contributed by atoms with Crippen LogP contribution in [0.4, 0.5) is 11.4 Å². The number of hydrogen-bond acceptors (Lipinski definition) is 5. The Labute approximate surface area is 103 Å². The predicted molar refractivity (Wildman–Crippen MR) is 62.9 cm³/mol. The Hall–Kier alpha value is -2.44. The predicted octanol–water partition coefficient (Wildman–Crippen LogP) is 0.764. The molecule has 1 fully saturated rings. The summed E-state index contributed by atoms with van der Waals surface area (Å²) in [5.74, 6) is -0.588. The summed E-state index contributed by atoms with van der Waals surface area (Å²) in [7, 11) is 1.42. The lowest BCUT2D eigenvalue weighted by molar-refractivity contribution is -0.384. The second-order valence-electron chi connectivity index (χ2n) is 4.00. The van der Waals surface area contributed by atoms with Crippen LogP contribution in [-0.4, -0.2) is 34.7 Å². The van der Waals surface area contributed by atoms with E-state index in [2.05, 4.69) is 5.32 Å². The van der Waals surface area contributed by atoms with E-state index in [1.807, 2.05) is 0 Å². The molecule has 0 radical (unpaired) electrons. The lowest BCUT2D eigenvalue weighted by Gasteiger charge is -2.11. The number of anilines is 1. The van der Waals surface area contributed by atoms with E-state index in [9.17, 15) is 19.7 Å². The fourth-order valence-electron chi connectivity index (χ4n) is 1.78. The number of nitro benzene ring substituents is 1. The van der Waals surface area contributed by atoms with Gasteiger partial charge in [0.15, 0.2) is 0 Å². The minimum atomic E-state index is -0.649. The van der Waals surface area contributed by atoms with Crippen molar-refractivity contribution in [3.05, 3.63) is 34.4 Å². The molecule has 0 aliphatic carbocycles. The minimum Gasteiger partial charge on any atom is -0.373 e. The molecule has 0 spiro atoms. The molecule has 7 heteroatoms. The highest BCUT2D eigenvalue weighted by molar-refractivity contribution is 6.06. The van der Waals surface area contributed by atoms with Crippen LogP contribution in [0.2, 0.25) is 0 Å². The molecule has 94 valence electrons. The van der Waals surface area contributed by atoms with Crippen molar-refractivity contribution in [2.75, 3.05) is 12.4 Å². The molecule has 1 aliphatic heterocycles. The molecule has 18 heavy (non-hydrogen) atoms. The first-order valence-corrected chi connectivity index (χ1v) is 5.30. The van der Waals surface area contributed by atoms with Crippen molar-refractivity contribution in [2.45, 2.75) is 12.5 Å². The van der Waals surface area contributed by atoms with Crippen molar-refractivity contribution >= 4 is 23.2 Å². The SMILES string of the molecule is CN1C(=O)CC(Nc2cccc([N+](=O)[O-])c2)C1=O. The number of amides is 2. The van der Waals surface area contributed by atoms with E-state index in [0.717, 1.165) is 4.90 Å². The third-order valence-electron chi connectivity index (χ3n) is 2.78. The summed E-state index contributed by atoms with van der Waals surface area (Å²) in [6, 6.07) is 5.17. The Morgan fingerprint density at radius 1 is 1.44 bits per heavy atom. The lowest BCUT2D eigenvalue weighted by atomic mass is 10.2. The molecule has 2 rings (SSSR count). The molecule has 1 heterocycles. The Morgan fingerprint density at radius 3 is 2.72 bits per heavy atom. The van der Waals surface area contributed by atoms with Gasteiger partial charge in [0.1, 0.15) is 6.04 Å². The van der Waals surface area contributed by atoms with Crippen molar-refractivity contribution in [2.24, 2.45) is 0 Å². The van der Waals surface area contributed by atoms with Crippen molar-refractivity contribution in [3.8, 4) is 0 Å². The highest BCUT2D eigenvalue weighted by Gasteiger charge is 2.35. The van der Waals surface area contributed by atoms with Crippen molar-refractivity contribution < 1.29 is 14.5 Å². The summed E-state index contributed by atoms with van der Waals surface area (Å²) in [6.45, 7) is 0. The van der Waals surface area contributed by atoms with E-state index in [4.69, 9.17) is 0 Å². The van der Waals surface area contributed by atoms with Gasteiger partial charge in [-0.2, -0.15) is 0 Å². The molecule has 1 aliphatic rings. The summed E-state index contributed by atoms with van der Waals surface area (Å²) < 4.78 is 0. The van der Waals surface area contributed by atoms with Gasteiger partial charge in [0.25, 0.3) is 11.6 Å². The van der Waals surface area contributed by atoms with Crippen molar-refractivity contribution in [3.63, 3.8) is 0 Å². The first-order chi connectivity index (χ1) is 8.49. The molecule has 7 nitrogen and oxygen atoms in total. The van der Waals surface area contributed by atoms with Crippen molar-refractivity contribution in [1.29, 1.82) is 0 Å². The Morgan fingerprint density at radius 2 is 2.17 bits per heavy atom. The maximum Gasteiger partial charge on any atom is 0.271 e. The number of rotatable bonds is 3. The monoisotopic (exact) mass is 249 g/mol. The Kier molecular flexibility index (Phi) is 2.97. The smallest absolute Gasteiger partial charge is 0.271 e. The van der Waals surface area contributed by atoms with Gasteiger partial charge < -0.3 is 5.32 Å². The van der Waals surface area contributed by atoms with Crippen LogP contribution in [0.1, 0.15) is 6.42 Å². The van der Waals surface area contributed by atoms with Crippen LogP contribution in [-0.2, 0) is 9.59 Å². The number of benzene rings is 1. The molecule has 1 saturated heterocycles. The number of likely N-dealkylation sites (tertiary alicyclic amines) is 1. The summed E-state index contributed by atoms with van der Waals surface area (Å²) in [6.07, 6.45) is 0.0675. The molecule has 1 atom stereocenters. The van der Waals surface area contributed by atoms with Gasteiger partial charge in [0, 0.05) is 24.9 Å². The zero-order valence-electron chi connectivity index (χ0n) is 9.62. The molecule has 1 N–H and O–H groups in total. The number of likely N-dealkylation sites (N-methyl/N-ethyl adjacent to an activating group) is 1. The Balaban J connectivity index is 2.15. The summed E-state index contributed by atoms with van der Waals surface area (Å²) in [5.41, 5.74) is 0.385. The molecular formula is C11H11N3O4. The van der Waals surface area contributed by atoms with Gasteiger partial charge >= 0.3 is 0 Å². The number of non-ortho nitro benzene ring substituents is 1. The number of nitrogens with one attached hydrogen (secondary N) is 1. The zero-order valence-corrected chi connectivity index (χ0v) is 9.62. The third kappa shape index (κ3) is 2.15. The topological polar surface area (TPSA) is 92.6 Å². The molecule has 0 aromatic heterocycles. The molecule has 2 amide bonds. The van der Waals surface area contributed by atoms with E-state index >= 15 is 0 Å². The lowest BCUT2D eigenvalue weighted by Crippen LogP contribution is -2.31. The first-order valence-electron chi connectivity index (χ1n) is 5.30. The van der Waals surface area contributed by atoms with Gasteiger partial charge in [-0.3, -0.25) is 24.6 Å². The fourth-order valence-corrected chi connectivity index (χ4v) is 1.78. The summed E-state index contributed by atoms with van der Waals surface area (Å²) >= 11 is 0. The maximum absolute atomic E-state index is 11.6. The third-order valence-corrected chi connectivity index (χ3v) is 2.78. The van der Waals surface area contributed by atoms with Crippen molar-refractivity contribution in [1.82, 2.24) is 4.90 Å². The fraction of sp³-hybridized carbons (Fsp3) is 0.273. The van der Waals surface area contributed by atoms with Crippen LogP contribution in [0.15, 0.2) is 24.3 Å². The number of nitrogens with zero attached hydrogens (tertiary/aromatic N) is 2. The van der Waals surface area contributed by atoms with Crippen LogP contribution in [0.25, 0.3) is 0 Å². The van der Waals surface area contributed by atoms with E-state index in [1.54, 1.807) is 6.07 Å². The molecular weight excluding hydrogens is 238 g/mol. The van der Waals surface area contributed by atoms with Gasteiger partial charge in [-0.1, -0.05) is 6.07 Å². The molecule has 0 saturated carbocycles. The number of hydrogen-bond donors (Lipinski definition) is 1. The summed E-state index contributed by atoms with van der Waals surface area (Å²) in [4.78, 5) is 34.1. The standard InChI is InChI=1S/C11H11N3O4/c1-13-10(15)6-9(11(13)16)12-7-3-2-4-8(5-7)14(17)18/h2-5,9,12H,6H2,1H3. The number of carbonyl (C=O) groups is 2. The van der Waals surface area contributed by atoms with Crippen LogP contribution in [0.5, 0.6) is 0 Å². The van der Waals surface area contributed by atoms with Gasteiger partial charge in [-0.25, -0.2) is 0 Å². The zero-order chi connectivity index (χ0) is 13.3. The van der Waals surface area contributed by atoms with E-state index < -0.39 is 11.0 Å². The molecule has 1 aromatic carbocycles. The van der Waals surface area contributed by atoms with Gasteiger partial charge in [-0.05, 0) is 6.07 Å². The first kappa shape index (κ1) is 12.0. The van der Waals surface area contributed by atoms with Crippen LogP contribution >= 0.6 is 0 Å². The Bertz CT molecular complexity index is 529. The number of nitro groups is 1. The van der Waals surface area contributed by atoms with E-state index in [0.29, 0.717) is 5.69 Å². The minimum absolute atomic E-state index is 0.0647. The quantitative estimate of drug-likeness (QED) is 0.485. The maximum atomic E-state index is 11.6. The van der Waals surface area contributed by atoms with Gasteiger partial charge in [-0.15, -0.1) is 0 Å². The largest absolute Gasteiger partial charge is 0.373 e. The van der Waals surface area contributed by atoms with Gasteiger partial charge in [0.2, 0.25) is 5.91 Å². The highest BCUT2D eigenvalue weighted by atomic mass is 16.6. The van der Waals surface area contributed by atoms with E-state index in [-0.39, 0.29) is 23.9 Å². The van der Waals surface area contributed by atoms with E-state index in [1.165, 1.54) is 25.2 Å². The van der Waals surface area contributed by atoms with Crippen LogP contribution < -0.4 is 5.32 Å². The molecule has 0 bridgehead atoms. The second kappa shape index (κ2) is 4.44. The normalized spacial score (nSPS) is 19.2. The summed E-state index contributed by atoms with van der Waals surface area (Å²) in [5, 5.41) is 13.4. The number of imide groups is 1. The second-order valence-corrected chi connectivity index (χ2v) is 4.00. The van der Waals surface area contributed by atoms with Gasteiger partial charge in [0.05, 0.1) is 11.3 Å².